The average molecular weight is 285 g/mol. The van der Waals surface area contributed by atoms with Gasteiger partial charge in [-0.1, -0.05) is 6.92 Å². The van der Waals surface area contributed by atoms with Gasteiger partial charge in [0.1, 0.15) is 5.82 Å². The molecule has 0 bridgehead atoms. The van der Waals surface area contributed by atoms with Crippen LogP contribution in [0.3, 0.4) is 0 Å². The van der Waals surface area contributed by atoms with Gasteiger partial charge in [0.2, 0.25) is 0 Å². The van der Waals surface area contributed by atoms with E-state index < -0.39 is 0 Å². The highest BCUT2D eigenvalue weighted by Crippen LogP contribution is 2.25. The highest BCUT2D eigenvalue weighted by atomic mass is 35.5. The molecule has 0 N–H and O–H groups in total. The predicted molar refractivity (Wildman–Crippen MR) is 79.5 cm³/mol. The molecule has 4 heteroatoms. The molecule has 2 rings (SSSR count). The minimum atomic E-state index is -0.194. The first-order valence-electron chi connectivity index (χ1n) is 6.94. The van der Waals surface area contributed by atoms with E-state index in [2.05, 4.69) is 23.8 Å². The van der Waals surface area contributed by atoms with Gasteiger partial charge in [0.15, 0.2) is 0 Å². The summed E-state index contributed by atoms with van der Waals surface area (Å²) in [5.41, 5.74) is 1.82. The van der Waals surface area contributed by atoms with E-state index in [0.717, 1.165) is 43.7 Å². The van der Waals surface area contributed by atoms with Crippen molar-refractivity contribution in [3.63, 3.8) is 0 Å². The maximum Gasteiger partial charge on any atom is 0.125 e. The van der Waals surface area contributed by atoms with Crippen LogP contribution < -0.4 is 4.90 Å². The molecule has 1 heterocycles. The van der Waals surface area contributed by atoms with Crippen molar-refractivity contribution in [3.8, 4) is 0 Å². The standard InChI is InChI=1S/C15H22ClFN2/c1-3-14-11-18(2)5-4-6-19(14)15-8-12(10-16)7-13(17)9-15/h7-9,14H,3-6,10-11H2,1-2H3. The molecule has 0 spiro atoms. The Morgan fingerprint density at radius 1 is 1.32 bits per heavy atom. The largest absolute Gasteiger partial charge is 0.367 e. The van der Waals surface area contributed by atoms with Gasteiger partial charge in [0.05, 0.1) is 0 Å². The number of rotatable bonds is 3. The molecule has 0 amide bonds. The second-order valence-electron chi connectivity index (χ2n) is 5.32. The van der Waals surface area contributed by atoms with Crippen molar-refractivity contribution >= 4 is 17.3 Å². The van der Waals surface area contributed by atoms with E-state index >= 15 is 0 Å². The SMILES string of the molecule is CCC1CN(C)CCCN1c1cc(F)cc(CCl)c1. The van der Waals surface area contributed by atoms with Crippen LogP contribution in [0.25, 0.3) is 0 Å². The molecular weight excluding hydrogens is 263 g/mol. The van der Waals surface area contributed by atoms with Crippen molar-refractivity contribution in [1.29, 1.82) is 0 Å². The molecule has 1 unspecified atom stereocenters. The molecule has 1 aromatic carbocycles. The van der Waals surface area contributed by atoms with Crippen molar-refractivity contribution in [2.45, 2.75) is 31.7 Å². The Labute approximate surface area is 120 Å². The Morgan fingerprint density at radius 2 is 2.11 bits per heavy atom. The van der Waals surface area contributed by atoms with Crippen LogP contribution in [-0.4, -0.2) is 37.6 Å². The highest BCUT2D eigenvalue weighted by molar-refractivity contribution is 6.17. The van der Waals surface area contributed by atoms with E-state index in [1.807, 2.05) is 6.07 Å². The lowest BCUT2D eigenvalue weighted by Crippen LogP contribution is -2.39. The van der Waals surface area contributed by atoms with Crippen molar-refractivity contribution in [3.05, 3.63) is 29.6 Å². The number of likely N-dealkylation sites (N-methyl/N-ethyl adjacent to an activating group) is 1. The zero-order valence-corrected chi connectivity index (χ0v) is 12.5. The van der Waals surface area contributed by atoms with Crippen molar-refractivity contribution in [1.82, 2.24) is 4.90 Å². The van der Waals surface area contributed by atoms with Crippen molar-refractivity contribution in [2.24, 2.45) is 0 Å². The highest BCUT2D eigenvalue weighted by Gasteiger charge is 2.22. The number of anilines is 1. The maximum atomic E-state index is 13.7. The van der Waals surface area contributed by atoms with Crippen LogP contribution in [-0.2, 0) is 5.88 Å². The molecule has 0 aliphatic carbocycles. The molecule has 106 valence electrons. The van der Waals surface area contributed by atoms with Crippen molar-refractivity contribution < 1.29 is 4.39 Å². The van der Waals surface area contributed by atoms with Gasteiger partial charge < -0.3 is 9.80 Å². The normalized spacial score (nSPS) is 21.5. The third-order valence-corrected chi connectivity index (χ3v) is 4.11. The molecule has 1 aliphatic heterocycles. The summed E-state index contributed by atoms with van der Waals surface area (Å²) in [6.07, 6.45) is 2.18. The Bertz CT molecular complexity index is 425. The van der Waals surface area contributed by atoms with E-state index in [-0.39, 0.29) is 5.82 Å². The summed E-state index contributed by atoms with van der Waals surface area (Å²) in [5, 5.41) is 0. The summed E-state index contributed by atoms with van der Waals surface area (Å²) in [7, 11) is 2.15. The molecule has 1 aliphatic rings. The molecule has 19 heavy (non-hydrogen) atoms. The summed E-state index contributed by atoms with van der Waals surface area (Å²) < 4.78 is 13.7. The minimum absolute atomic E-state index is 0.194. The average Bonchev–Trinajstić information content (AvgIpc) is 2.59. The van der Waals surface area contributed by atoms with Gasteiger partial charge in [-0.25, -0.2) is 4.39 Å². The first-order valence-corrected chi connectivity index (χ1v) is 7.48. The summed E-state index contributed by atoms with van der Waals surface area (Å²) in [6.45, 7) is 5.31. The summed E-state index contributed by atoms with van der Waals surface area (Å²) in [4.78, 5) is 4.69. The molecule has 1 fully saturated rings. The van der Waals surface area contributed by atoms with Crippen LogP contribution >= 0.6 is 11.6 Å². The summed E-state index contributed by atoms with van der Waals surface area (Å²) >= 11 is 5.84. The number of nitrogens with zero attached hydrogens (tertiary/aromatic N) is 2. The number of alkyl halides is 1. The second kappa shape index (κ2) is 6.58. The first kappa shape index (κ1) is 14.6. The zero-order chi connectivity index (χ0) is 13.8. The summed E-state index contributed by atoms with van der Waals surface area (Å²) in [6, 6.07) is 5.60. The van der Waals surface area contributed by atoms with Gasteiger partial charge in [0.25, 0.3) is 0 Å². The lowest BCUT2D eigenvalue weighted by atomic mass is 10.1. The van der Waals surface area contributed by atoms with Crippen LogP contribution in [0.1, 0.15) is 25.3 Å². The molecule has 1 saturated heterocycles. The van der Waals surface area contributed by atoms with E-state index in [4.69, 9.17) is 11.6 Å². The van der Waals surface area contributed by atoms with Gasteiger partial charge >= 0.3 is 0 Å². The zero-order valence-electron chi connectivity index (χ0n) is 11.7. The Hall–Kier alpha value is -0.800. The van der Waals surface area contributed by atoms with Gasteiger partial charge in [-0.15, -0.1) is 11.6 Å². The van der Waals surface area contributed by atoms with E-state index in [1.165, 1.54) is 6.07 Å². The fourth-order valence-corrected chi connectivity index (χ4v) is 2.96. The fraction of sp³-hybridized carbons (Fsp3) is 0.600. The van der Waals surface area contributed by atoms with E-state index in [0.29, 0.717) is 11.9 Å². The quantitative estimate of drug-likeness (QED) is 0.784. The Morgan fingerprint density at radius 3 is 2.79 bits per heavy atom. The van der Waals surface area contributed by atoms with Crippen LogP contribution in [0.4, 0.5) is 10.1 Å². The van der Waals surface area contributed by atoms with Crippen molar-refractivity contribution in [2.75, 3.05) is 31.6 Å². The number of halogens is 2. The third kappa shape index (κ3) is 3.61. The van der Waals surface area contributed by atoms with Crippen LogP contribution in [0.2, 0.25) is 0 Å². The van der Waals surface area contributed by atoms with Gasteiger partial charge in [-0.3, -0.25) is 0 Å². The monoisotopic (exact) mass is 284 g/mol. The molecular formula is C15H22ClFN2. The molecule has 0 radical (unpaired) electrons. The topological polar surface area (TPSA) is 6.48 Å². The van der Waals surface area contributed by atoms with E-state index in [9.17, 15) is 4.39 Å². The smallest absolute Gasteiger partial charge is 0.125 e. The number of benzene rings is 1. The van der Waals surface area contributed by atoms with E-state index in [1.54, 1.807) is 6.07 Å². The molecule has 0 saturated carbocycles. The van der Waals surface area contributed by atoms with Gasteiger partial charge in [-0.2, -0.15) is 0 Å². The third-order valence-electron chi connectivity index (χ3n) is 3.80. The first-order chi connectivity index (χ1) is 9.13. The molecule has 0 aromatic heterocycles. The van der Waals surface area contributed by atoms with Crippen LogP contribution in [0, 0.1) is 5.82 Å². The van der Waals surface area contributed by atoms with Gasteiger partial charge in [-0.05, 0) is 50.2 Å². The molecule has 1 aromatic rings. The number of hydrogen-bond acceptors (Lipinski definition) is 2. The minimum Gasteiger partial charge on any atom is -0.367 e. The predicted octanol–water partition coefficient (Wildman–Crippen LogP) is 3.49. The van der Waals surface area contributed by atoms with Gasteiger partial charge in [0, 0.05) is 30.7 Å². The van der Waals surface area contributed by atoms with Crippen LogP contribution in [0.15, 0.2) is 18.2 Å². The lowest BCUT2D eigenvalue weighted by Gasteiger charge is -2.32. The number of hydrogen-bond donors (Lipinski definition) is 0. The summed E-state index contributed by atoms with van der Waals surface area (Å²) in [5.74, 6) is 0.163. The Balaban J connectivity index is 2.29. The second-order valence-corrected chi connectivity index (χ2v) is 5.59. The van der Waals surface area contributed by atoms with Crippen LogP contribution in [0.5, 0.6) is 0 Å². The molecule has 1 atom stereocenters. The lowest BCUT2D eigenvalue weighted by molar-refractivity contribution is 0.328. The fourth-order valence-electron chi connectivity index (χ4n) is 2.81. The Kier molecular flexibility index (Phi) is 5.06. The molecule has 2 nitrogen and oxygen atoms in total. The maximum absolute atomic E-state index is 13.7.